The van der Waals surface area contributed by atoms with Crippen molar-refractivity contribution in [3.05, 3.63) is 29.8 Å². The lowest BCUT2D eigenvalue weighted by atomic mass is 10.2. The van der Waals surface area contributed by atoms with Crippen LogP contribution in [0.25, 0.3) is 10.9 Å². The van der Waals surface area contributed by atoms with Gasteiger partial charge in [0.15, 0.2) is 0 Å². The van der Waals surface area contributed by atoms with Gasteiger partial charge in [0, 0.05) is 0 Å². The monoisotopic (exact) mass is 207 g/mol. The maximum atomic E-state index is 13.5. The van der Waals surface area contributed by atoms with E-state index in [4.69, 9.17) is 10.5 Å². The molecule has 1 aromatic heterocycles. The number of nitrogens with zero attached hydrogens (tertiary/aromatic N) is 2. The number of hydrogen-bond donors (Lipinski definition) is 1. The van der Waals surface area contributed by atoms with Crippen LogP contribution < -0.4 is 10.5 Å². The van der Waals surface area contributed by atoms with Crippen LogP contribution in [0.2, 0.25) is 0 Å². The van der Waals surface area contributed by atoms with Crippen LogP contribution in [-0.4, -0.2) is 17.1 Å². The molecule has 0 saturated heterocycles. The first-order chi connectivity index (χ1) is 7.26. The molecule has 0 aliphatic heterocycles. The molecular formula is C10H10FN3O. The van der Waals surface area contributed by atoms with Gasteiger partial charge in [0.2, 0.25) is 5.88 Å². The minimum Gasteiger partial charge on any atom is -0.480 e. The van der Waals surface area contributed by atoms with Gasteiger partial charge in [0.1, 0.15) is 11.6 Å². The zero-order valence-corrected chi connectivity index (χ0v) is 8.20. The summed E-state index contributed by atoms with van der Waals surface area (Å²) in [6.45, 7) is 0.197. The molecule has 1 aromatic carbocycles. The topological polar surface area (TPSA) is 61.0 Å². The molecule has 78 valence electrons. The molecule has 1 heterocycles. The molecule has 5 heteroatoms. The fourth-order valence-corrected chi connectivity index (χ4v) is 1.39. The van der Waals surface area contributed by atoms with Gasteiger partial charge < -0.3 is 10.5 Å². The van der Waals surface area contributed by atoms with Gasteiger partial charge in [-0.25, -0.2) is 9.37 Å². The van der Waals surface area contributed by atoms with Crippen molar-refractivity contribution < 1.29 is 9.13 Å². The van der Waals surface area contributed by atoms with Gasteiger partial charge in [-0.05, 0) is 12.1 Å². The zero-order chi connectivity index (χ0) is 10.8. The van der Waals surface area contributed by atoms with Crippen molar-refractivity contribution in [3.63, 3.8) is 0 Å². The van der Waals surface area contributed by atoms with Crippen molar-refractivity contribution in [1.82, 2.24) is 9.97 Å². The van der Waals surface area contributed by atoms with Gasteiger partial charge in [-0.15, -0.1) is 0 Å². The molecule has 2 rings (SSSR count). The highest BCUT2D eigenvalue weighted by molar-refractivity contribution is 5.84. The lowest BCUT2D eigenvalue weighted by molar-refractivity contribution is 0.399. The van der Waals surface area contributed by atoms with Crippen molar-refractivity contribution in [2.75, 3.05) is 7.11 Å². The van der Waals surface area contributed by atoms with Crippen LogP contribution in [0.5, 0.6) is 5.88 Å². The van der Waals surface area contributed by atoms with Gasteiger partial charge >= 0.3 is 0 Å². The van der Waals surface area contributed by atoms with E-state index in [0.717, 1.165) is 0 Å². The Morgan fingerprint density at radius 1 is 1.40 bits per heavy atom. The number of benzene rings is 1. The molecule has 4 nitrogen and oxygen atoms in total. The highest BCUT2D eigenvalue weighted by atomic mass is 19.1. The molecule has 0 unspecified atom stereocenters. The molecule has 0 bridgehead atoms. The third-order valence-electron chi connectivity index (χ3n) is 2.06. The molecule has 0 saturated carbocycles. The first-order valence-corrected chi connectivity index (χ1v) is 4.45. The van der Waals surface area contributed by atoms with E-state index >= 15 is 0 Å². The van der Waals surface area contributed by atoms with Crippen molar-refractivity contribution >= 4 is 10.9 Å². The van der Waals surface area contributed by atoms with E-state index in [9.17, 15) is 4.39 Å². The van der Waals surface area contributed by atoms with Crippen LogP contribution in [0.4, 0.5) is 4.39 Å². The molecule has 2 N–H and O–H groups in total. The summed E-state index contributed by atoms with van der Waals surface area (Å²) in [7, 11) is 1.44. The van der Waals surface area contributed by atoms with E-state index in [-0.39, 0.29) is 17.8 Å². The molecule has 0 aliphatic carbocycles. The Kier molecular flexibility index (Phi) is 2.47. The number of fused-ring (bicyclic) bond motifs is 1. The number of nitrogens with two attached hydrogens (primary N) is 1. The summed E-state index contributed by atoms with van der Waals surface area (Å²) in [4.78, 5) is 8.11. The average Bonchev–Trinajstić information content (AvgIpc) is 2.27. The van der Waals surface area contributed by atoms with Crippen molar-refractivity contribution in [2.45, 2.75) is 6.54 Å². The summed E-state index contributed by atoms with van der Waals surface area (Å²) in [6, 6.07) is 4.63. The van der Waals surface area contributed by atoms with E-state index in [1.165, 1.54) is 13.2 Å². The maximum absolute atomic E-state index is 13.5. The van der Waals surface area contributed by atoms with Crippen LogP contribution in [0, 0.1) is 5.82 Å². The van der Waals surface area contributed by atoms with Crippen molar-refractivity contribution in [2.24, 2.45) is 5.73 Å². The van der Waals surface area contributed by atoms with Gasteiger partial charge in [-0.1, -0.05) is 6.07 Å². The largest absolute Gasteiger partial charge is 0.480 e. The molecule has 0 spiro atoms. The second-order valence-electron chi connectivity index (χ2n) is 2.99. The molecule has 0 amide bonds. The Balaban J connectivity index is 2.81. The summed E-state index contributed by atoms with van der Waals surface area (Å²) in [5.74, 6) is 0.261. The Morgan fingerprint density at radius 2 is 2.20 bits per heavy atom. The highest BCUT2D eigenvalue weighted by Gasteiger charge is 2.11. The fraction of sp³-hybridized carbons (Fsp3) is 0.200. The number of methoxy groups -OCH3 is 1. The van der Waals surface area contributed by atoms with Crippen LogP contribution in [-0.2, 0) is 6.54 Å². The lowest BCUT2D eigenvalue weighted by Crippen LogP contribution is -2.05. The Morgan fingerprint density at radius 3 is 2.87 bits per heavy atom. The number of halogens is 1. The Bertz CT molecular complexity index is 501. The minimum atomic E-state index is -0.395. The van der Waals surface area contributed by atoms with E-state index in [1.807, 2.05) is 0 Å². The van der Waals surface area contributed by atoms with Gasteiger partial charge in [-0.3, -0.25) is 0 Å². The normalized spacial score (nSPS) is 10.6. The minimum absolute atomic E-state index is 0.197. The van der Waals surface area contributed by atoms with Crippen molar-refractivity contribution in [3.8, 4) is 5.88 Å². The lowest BCUT2D eigenvalue weighted by Gasteiger charge is -2.06. The van der Waals surface area contributed by atoms with E-state index in [1.54, 1.807) is 12.1 Å². The third kappa shape index (κ3) is 1.61. The molecule has 0 atom stereocenters. The molecule has 2 aromatic rings. The number of ether oxygens (including phenoxy) is 1. The zero-order valence-electron chi connectivity index (χ0n) is 8.20. The molecule has 15 heavy (non-hydrogen) atoms. The van der Waals surface area contributed by atoms with E-state index in [2.05, 4.69) is 9.97 Å². The number of rotatable bonds is 2. The van der Waals surface area contributed by atoms with E-state index in [0.29, 0.717) is 11.3 Å². The third-order valence-corrected chi connectivity index (χ3v) is 2.06. The second kappa shape index (κ2) is 3.78. The quantitative estimate of drug-likeness (QED) is 0.804. The van der Waals surface area contributed by atoms with Crippen LogP contribution in [0.1, 0.15) is 5.82 Å². The fourth-order valence-electron chi connectivity index (χ4n) is 1.39. The van der Waals surface area contributed by atoms with Gasteiger partial charge in [0.25, 0.3) is 0 Å². The summed E-state index contributed by atoms with van der Waals surface area (Å²) >= 11 is 0. The van der Waals surface area contributed by atoms with Gasteiger partial charge in [0.05, 0.1) is 24.6 Å². The molecule has 0 radical (unpaired) electrons. The highest BCUT2D eigenvalue weighted by Crippen LogP contribution is 2.24. The molecule has 0 fully saturated rings. The first kappa shape index (κ1) is 9.79. The van der Waals surface area contributed by atoms with Crippen LogP contribution >= 0.6 is 0 Å². The van der Waals surface area contributed by atoms with Crippen LogP contribution in [0.3, 0.4) is 0 Å². The van der Waals surface area contributed by atoms with Crippen LogP contribution in [0.15, 0.2) is 18.2 Å². The van der Waals surface area contributed by atoms with E-state index < -0.39 is 5.82 Å². The smallest absolute Gasteiger partial charge is 0.227 e. The molecular weight excluding hydrogens is 197 g/mol. The summed E-state index contributed by atoms with van der Waals surface area (Å²) in [5.41, 5.74) is 5.93. The summed E-state index contributed by atoms with van der Waals surface area (Å²) in [5, 5.41) is 0.289. The second-order valence-corrected chi connectivity index (χ2v) is 2.99. The first-order valence-electron chi connectivity index (χ1n) is 4.45. The maximum Gasteiger partial charge on any atom is 0.227 e. The Labute approximate surface area is 85.9 Å². The summed E-state index contributed by atoms with van der Waals surface area (Å²) in [6.07, 6.45) is 0. The predicted octanol–water partition coefficient (Wildman–Crippen LogP) is 1.24. The summed E-state index contributed by atoms with van der Waals surface area (Å²) < 4.78 is 18.5. The average molecular weight is 207 g/mol. The molecule has 0 aliphatic rings. The number of hydrogen-bond acceptors (Lipinski definition) is 4. The number of aromatic nitrogens is 2. The van der Waals surface area contributed by atoms with Crippen molar-refractivity contribution in [1.29, 1.82) is 0 Å². The van der Waals surface area contributed by atoms with Gasteiger partial charge in [-0.2, -0.15) is 4.98 Å². The SMILES string of the molecule is COc1nc(CN)nc2cccc(F)c12. The predicted molar refractivity (Wildman–Crippen MR) is 53.9 cm³/mol. The standard InChI is InChI=1S/C10H10FN3O/c1-15-10-9-6(11)3-2-4-7(9)13-8(5-12)14-10/h2-4H,5,12H2,1H3. The Hall–Kier alpha value is -1.75.